The summed E-state index contributed by atoms with van der Waals surface area (Å²) < 4.78 is 0. The Morgan fingerprint density at radius 2 is 1.71 bits per heavy atom. The monoisotopic (exact) mass is 333 g/mol. The van der Waals surface area contributed by atoms with E-state index in [0.29, 0.717) is 12.5 Å². The molecule has 0 bridgehead atoms. The summed E-state index contributed by atoms with van der Waals surface area (Å²) in [6.07, 6.45) is 0.894. The molecule has 5 heteroatoms. The second kappa shape index (κ2) is 10.1. The summed E-state index contributed by atoms with van der Waals surface area (Å²) in [5, 5.41) is 5.91. The first-order valence-corrected chi connectivity index (χ1v) is 8.70. The van der Waals surface area contributed by atoms with Crippen molar-refractivity contribution in [3.8, 4) is 0 Å². The molecule has 0 heterocycles. The number of amides is 2. The molecule has 0 aliphatic heterocycles. The van der Waals surface area contributed by atoms with E-state index in [9.17, 15) is 9.59 Å². The lowest BCUT2D eigenvalue weighted by molar-refractivity contribution is -0.124. The topological polar surface area (TPSA) is 61.4 Å². The van der Waals surface area contributed by atoms with Crippen molar-refractivity contribution in [1.29, 1.82) is 0 Å². The molecule has 0 aromatic heterocycles. The molecule has 0 aliphatic carbocycles. The first-order valence-electron chi connectivity index (χ1n) is 8.70. The van der Waals surface area contributed by atoms with E-state index in [1.54, 1.807) is 0 Å². The third-order valence-corrected chi connectivity index (χ3v) is 4.08. The zero-order chi connectivity index (χ0) is 18.1. The van der Waals surface area contributed by atoms with E-state index in [0.717, 1.165) is 17.7 Å². The molecule has 2 N–H and O–H groups in total. The molecule has 0 saturated heterocycles. The molecule has 1 aromatic rings. The van der Waals surface area contributed by atoms with Crippen LogP contribution in [0.2, 0.25) is 0 Å². The maximum atomic E-state index is 12.3. The fourth-order valence-electron chi connectivity index (χ4n) is 2.31. The second-order valence-corrected chi connectivity index (χ2v) is 6.67. The van der Waals surface area contributed by atoms with Crippen molar-refractivity contribution in [3.63, 3.8) is 0 Å². The van der Waals surface area contributed by atoms with Crippen molar-refractivity contribution in [2.24, 2.45) is 5.92 Å². The van der Waals surface area contributed by atoms with E-state index in [1.165, 1.54) is 0 Å². The molecule has 2 amide bonds. The molecular weight excluding hydrogens is 302 g/mol. The molecule has 24 heavy (non-hydrogen) atoms. The van der Waals surface area contributed by atoms with Crippen LogP contribution in [0.3, 0.4) is 0 Å². The fourth-order valence-corrected chi connectivity index (χ4v) is 2.31. The minimum atomic E-state index is -0.0949. The molecular formula is C19H31N3O2. The zero-order valence-electron chi connectivity index (χ0n) is 15.6. The smallest absolute Gasteiger partial charge is 0.238 e. The maximum Gasteiger partial charge on any atom is 0.238 e. The van der Waals surface area contributed by atoms with Gasteiger partial charge in [0.25, 0.3) is 0 Å². The van der Waals surface area contributed by atoms with Gasteiger partial charge in [-0.05, 0) is 44.4 Å². The molecule has 0 unspecified atom stereocenters. The number of hydrogen-bond donors (Lipinski definition) is 2. The van der Waals surface area contributed by atoms with Gasteiger partial charge in [0.05, 0.1) is 13.1 Å². The van der Waals surface area contributed by atoms with Gasteiger partial charge in [-0.15, -0.1) is 0 Å². The van der Waals surface area contributed by atoms with Gasteiger partial charge in [-0.2, -0.15) is 0 Å². The summed E-state index contributed by atoms with van der Waals surface area (Å²) in [5.74, 6) is 0.258. The Kier molecular flexibility index (Phi) is 8.47. The standard InChI is InChI=1S/C19H31N3O2/c1-6-11-22(12-18(23)20-16(5)14(2)3)13-19(24)21-17-10-8-7-9-15(17)4/h7-10,14,16H,6,11-13H2,1-5H3,(H,20,23)(H,21,24)/t16-/m1/s1. The van der Waals surface area contributed by atoms with Gasteiger partial charge < -0.3 is 10.6 Å². The highest BCUT2D eigenvalue weighted by atomic mass is 16.2. The molecule has 0 aliphatic rings. The summed E-state index contributed by atoms with van der Waals surface area (Å²) in [6, 6.07) is 7.80. The first-order chi connectivity index (χ1) is 11.3. The van der Waals surface area contributed by atoms with Gasteiger partial charge in [-0.1, -0.05) is 39.0 Å². The predicted octanol–water partition coefficient (Wildman–Crippen LogP) is 2.81. The lowest BCUT2D eigenvalue weighted by atomic mass is 10.1. The Morgan fingerprint density at radius 1 is 1.08 bits per heavy atom. The maximum absolute atomic E-state index is 12.3. The van der Waals surface area contributed by atoms with Crippen molar-refractivity contribution in [1.82, 2.24) is 10.2 Å². The van der Waals surface area contributed by atoms with Crippen molar-refractivity contribution < 1.29 is 9.59 Å². The normalized spacial score (nSPS) is 12.3. The van der Waals surface area contributed by atoms with Crippen LogP contribution in [0.15, 0.2) is 24.3 Å². The largest absolute Gasteiger partial charge is 0.352 e. The molecule has 134 valence electrons. The van der Waals surface area contributed by atoms with Crippen LogP contribution in [0.4, 0.5) is 5.69 Å². The Bertz CT molecular complexity index is 543. The van der Waals surface area contributed by atoms with Crippen molar-refractivity contribution in [2.75, 3.05) is 25.0 Å². The lowest BCUT2D eigenvalue weighted by Crippen LogP contribution is -2.45. The lowest BCUT2D eigenvalue weighted by Gasteiger charge is -2.23. The highest BCUT2D eigenvalue weighted by Gasteiger charge is 2.17. The summed E-state index contributed by atoms with van der Waals surface area (Å²) in [6.45, 7) is 11.3. The third kappa shape index (κ3) is 7.13. The number of rotatable bonds is 9. The average molecular weight is 333 g/mol. The number of anilines is 1. The number of benzene rings is 1. The quantitative estimate of drug-likeness (QED) is 0.730. The highest BCUT2D eigenvalue weighted by Crippen LogP contribution is 2.13. The number of carbonyl (C=O) groups is 2. The van der Waals surface area contributed by atoms with Crippen molar-refractivity contribution >= 4 is 17.5 Å². The number of nitrogens with one attached hydrogen (secondary N) is 2. The molecule has 1 aromatic carbocycles. The third-order valence-electron chi connectivity index (χ3n) is 4.08. The number of nitrogens with zero attached hydrogens (tertiary/aromatic N) is 1. The van der Waals surface area contributed by atoms with Gasteiger partial charge in [-0.3, -0.25) is 14.5 Å². The SMILES string of the molecule is CCCN(CC(=O)Nc1ccccc1C)CC(=O)N[C@H](C)C(C)C. The summed E-state index contributed by atoms with van der Waals surface area (Å²) in [5.41, 5.74) is 1.84. The zero-order valence-corrected chi connectivity index (χ0v) is 15.6. The summed E-state index contributed by atoms with van der Waals surface area (Å²) >= 11 is 0. The van der Waals surface area contributed by atoms with E-state index in [1.807, 2.05) is 49.9 Å². The minimum absolute atomic E-state index is 0.0339. The highest BCUT2D eigenvalue weighted by molar-refractivity contribution is 5.93. The first kappa shape index (κ1) is 20.2. The molecule has 0 radical (unpaired) electrons. The van der Waals surface area contributed by atoms with Crippen LogP contribution in [0.5, 0.6) is 0 Å². The van der Waals surface area contributed by atoms with Crippen molar-refractivity contribution in [2.45, 2.75) is 47.1 Å². The minimum Gasteiger partial charge on any atom is -0.352 e. The molecule has 1 rings (SSSR count). The van der Waals surface area contributed by atoms with Gasteiger partial charge in [0.1, 0.15) is 0 Å². The summed E-state index contributed by atoms with van der Waals surface area (Å²) in [4.78, 5) is 26.3. The molecule has 0 spiro atoms. The molecule has 0 saturated carbocycles. The fraction of sp³-hybridized carbons (Fsp3) is 0.579. The Hall–Kier alpha value is -1.88. The number of para-hydroxylation sites is 1. The van der Waals surface area contributed by atoms with Crippen LogP contribution in [0.1, 0.15) is 39.7 Å². The van der Waals surface area contributed by atoms with Gasteiger partial charge in [0.2, 0.25) is 11.8 Å². The molecule has 0 fully saturated rings. The van der Waals surface area contributed by atoms with Gasteiger partial charge in [0.15, 0.2) is 0 Å². The molecule has 1 atom stereocenters. The number of hydrogen-bond acceptors (Lipinski definition) is 3. The van der Waals surface area contributed by atoms with E-state index in [-0.39, 0.29) is 30.9 Å². The van der Waals surface area contributed by atoms with Gasteiger partial charge in [0, 0.05) is 11.7 Å². The van der Waals surface area contributed by atoms with E-state index in [4.69, 9.17) is 0 Å². The Balaban J connectivity index is 2.57. The van der Waals surface area contributed by atoms with E-state index in [2.05, 4.69) is 24.5 Å². The average Bonchev–Trinajstić information content (AvgIpc) is 2.49. The second-order valence-electron chi connectivity index (χ2n) is 6.67. The van der Waals surface area contributed by atoms with Crippen LogP contribution < -0.4 is 10.6 Å². The van der Waals surface area contributed by atoms with E-state index >= 15 is 0 Å². The van der Waals surface area contributed by atoms with Crippen LogP contribution in [0.25, 0.3) is 0 Å². The van der Waals surface area contributed by atoms with Crippen LogP contribution in [-0.2, 0) is 9.59 Å². The van der Waals surface area contributed by atoms with Crippen LogP contribution in [0, 0.1) is 12.8 Å². The predicted molar refractivity (Wildman–Crippen MR) is 99.0 cm³/mol. The van der Waals surface area contributed by atoms with Gasteiger partial charge >= 0.3 is 0 Å². The Morgan fingerprint density at radius 3 is 2.29 bits per heavy atom. The summed E-state index contributed by atoms with van der Waals surface area (Å²) in [7, 11) is 0. The number of carbonyl (C=O) groups excluding carboxylic acids is 2. The van der Waals surface area contributed by atoms with Crippen LogP contribution >= 0.6 is 0 Å². The number of aryl methyl sites for hydroxylation is 1. The Labute approximate surface area is 145 Å². The van der Waals surface area contributed by atoms with Crippen LogP contribution in [-0.4, -0.2) is 42.4 Å². The van der Waals surface area contributed by atoms with Gasteiger partial charge in [-0.25, -0.2) is 0 Å². The van der Waals surface area contributed by atoms with Crippen molar-refractivity contribution in [3.05, 3.63) is 29.8 Å². The molecule has 5 nitrogen and oxygen atoms in total. The van der Waals surface area contributed by atoms with E-state index < -0.39 is 0 Å².